The maximum Gasteiger partial charge on any atom is 0.373 e. The lowest BCUT2D eigenvalue weighted by Gasteiger charge is -2.25. The first-order valence-corrected chi connectivity index (χ1v) is 5.90. The summed E-state index contributed by atoms with van der Waals surface area (Å²) in [5, 5.41) is 3.40. The Hall–Kier alpha value is -1.29. The van der Waals surface area contributed by atoms with Crippen LogP contribution in [0.1, 0.15) is 49.9 Å². The van der Waals surface area contributed by atoms with Gasteiger partial charge in [-0.3, -0.25) is 0 Å². The fraction of sp³-hybridized carbons (Fsp3) is 0.615. The highest BCUT2D eigenvalue weighted by atomic mass is 16.5. The van der Waals surface area contributed by atoms with Crippen LogP contribution in [-0.4, -0.2) is 18.6 Å². The lowest BCUT2D eigenvalue weighted by molar-refractivity contribution is 0.0562. The summed E-state index contributed by atoms with van der Waals surface area (Å²) in [6, 6.07) is 3.43. The Kier molecular flexibility index (Phi) is 4.75. The third-order valence-electron chi connectivity index (χ3n) is 2.66. The smallest absolute Gasteiger partial charge is 0.373 e. The summed E-state index contributed by atoms with van der Waals surface area (Å²) in [5.74, 6) is 0.552. The Labute approximate surface area is 102 Å². The maximum absolute atomic E-state index is 11.2. The van der Waals surface area contributed by atoms with Gasteiger partial charge in [0.1, 0.15) is 5.76 Å². The van der Waals surface area contributed by atoms with E-state index >= 15 is 0 Å². The Morgan fingerprint density at radius 3 is 2.76 bits per heavy atom. The van der Waals surface area contributed by atoms with Gasteiger partial charge in [-0.25, -0.2) is 4.79 Å². The molecule has 0 saturated carbocycles. The van der Waals surface area contributed by atoms with Gasteiger partial charge in [0, 0.05) is 5.54 Å². The van der Waals surface area contributed by atoms with Crippen molar-refractivity contribution in [3.8, 4) is 0 Å². The third-order valence-corrected chi connectivity index (χ3v) is 2.66. The fourth-order valence-corrected chi connectivity index (χ4v) is 1.72. The van der Waals surface area contributed by atoms with Crippen molar-refractivity contribution in [2.24, 2.45) is 0 Å². The molecule has 1 heterocycles. The average Bonchev–Trinajstić information content (AvgIpc) is 2.74. The number of furan rings is 1. The molecular weight excluding hydrogens is 218 g/mol. The quantitative estimate of drug-likeness (QED) is 0.775. The molecule has 4 heteroatoms. The molecule has 0 amide bonds. The largest absolute Gasteiger partial charge is 0.463 e. The zero-order valence-electron chi connectivity index (χ0n) is 11.0. The van der Waals surface area contributed by atoms with E-state index in [1.807, 2.05) is 0 Å². The standard InChI is InChI=1S/C13H21NO3/c1-5-8-13(2,3)14-9-10-6-7-11(17-10)12(15)16-4/h6-7,14H,5,8-9H2,1-4H3. The normalized spacial score (nSPS) is 11.5. The number of hydrogen-bond donors (Lipinski definition) is 1. The maximum atomic E-state index is 11.2. The van der Waals surface area contributed by atoms with Crippen molar-refractivity contribution in [1.82, 2.24) is 5.32 Å². The van der Waals surface area contributed by atoms with E-state index < -0.39 is 5.97 Å². The molecule has 0 bridgehead atoms. The van der Waals surface area contributed by atoms with Crippen molar-refractivity contribution in [2.45, 2.75) is 45.7 Å². The molecule has 0 aliphatic rings. The van der Waals surface area contributed by atoms with Crippen LogP contribution < -0.4 is 5.32 Å². The van der Waals surface area contributed by atoms with Gasteiger partial charge < -0.3 is 14.5 Å². The molecule has 0 spiro atoms. The Balaban J connectivity index is 2.53. The number of esters is 1. The van der Waals surface area contributed by atoms with Gasteiger partial charge in [0.05, 0.1) is 13.7 Å². The first kappa shape index (κ1) is 13.8. The molecule has 0 radical (unpaired) electrons. The van der Waals surface area contributed by atoms with Crippen LogP contribution >= 0.6 is 0 Å². The highest BCUT2D eigenvalue weighted by Gasteiger charge is 2.17. The lowest BCUT2D eigenvalue weighted by atomic mass is 9.99. The van der Waals surface area contributed by atoms with Crippen LogP contribution in [0, 0.1) is 0 Å². The molecule has 0 fully saturated rings. The molecule has 1 aromatic rings. The highest BCUT2D eigenvalue weighted by molar-refractivity contribution is 5.86. The van der Waals surface area contributed by atoms with Crippen LogP contribution in [0.25, 0.3) is 0 Å². The molecule has 0 unspecified atom stereocenters. The monoisotopic (exact) mass is 239 g/mol. The summed E-state index contributed by atoms with van der Waals surface area (Å²) in [7, 11) is 1.34. The fourth-order valence-electron chi connectivity index (χ4n) is 1.72. The molecule has 1 aromatic heterocycles. The van der Waals surface area contributed by atoms with Crippen molar-refractivity contribution in [2.75, 3.05) is 7.11 Å². The Morgan fingerprint density at radius 2 is 2.18 bits per heavy atom. The van der Waals surface area contributed by atoms with Crippen LogP contribution in [0.15, 0.2) is 16.5 Å². The molecule has 4 nitrogen and oxygen atoms in total. The number of nitrogens with one attached hydrogen (secondary N) is 1. The second-order valence-corrected chi connectivity index (χ2v) is 4.74. The Bertz CT molecular complexity index is 368. The number of carbonyl (C=O) groups is 1. The van der Waals surface area contributed by atoms with Crippen LogP contribution in [-0.2, 0) is 11.3 Å². The van der Waals surface area contributed by atoms with Gasteiger partial charge in [0.15, 0.2) is 0 Å². The molecule has 0 aromatic carbocycles. The molecule has 96 valence electrons. The summed E-state index contributed by atoms with van der Waals surface area (Å²) < 4.78 is 9.95. The minimum absolute atomic E-state index is 0.0764. The number of methoxy groups -OCH3 is 1. The van der Waals surface area contributed by atoms with E-state index in [1.54, 1.807) is 12.1 Å². The Morgan fingerprint density at radius 1 is 1.47 bits per heavy atom. The predicted molar refractivity (Wildman–Crippen MR) is 65.9 cm³/mol. The lowest BCUT2D eigenvalue weighted by Crippen LogP contribution is -2.38. The summed E-state index contributed by atoms with van der Waals surface area (Å²) in [6.07, 6.45) is 2.23. The average molecular weight is 239 g/mol. The molecule has 1 N–H and O–H groups in total. The molecular formula is C13H21NO3. The number of rotatable bonds is 6. The third kappa shape index (κ3) is 4.23. The molecule has 0 aliphatic heterocycles. The molecule has 0 saturated heterocycles. The van der Waals surface area contributed by atoms with Crippen molar-refractivity contribution in [3.63, 3.8) is 0 Å². The van der Waals surface area contributed by atoms with Gasteiger partial charge in [-0.05, 0) is 32.4 Å². The number of carbonyl (C=O) groups excluding carboxylic acids is 1. The SMILES string of the molecule is CCCC(C)(C)NCc1ccc(C(=O)OC)o1. The van der Waals surface area contributed by atoms with E-state index in [9.17, 15) is 4.79 Å². The number of hydrogen-bond acceptors (Lipinski definition) is 4. The van der Waals surface area contributed by atoms with Gasteiger partial charge in [-0.1, -0.05) is 13.3 Å². The first-order valence-electron chi connectivity index (χ1n) is 5.90. The van der Waals surface area contributed by atoms with E-state index in [0.717, 1.165) is 18.6 Å². The van der Waals surface area contributed by atoms with E-state index in [4.69, 9.17) is 4.42 Å². The topological polar surface area (TPSA) is 51.5 Å². The first-order chi connectivity index (χ1) is 7.98. The van der Waals surface area contributed by atoms with E-state index in [0.29, 0.717) is 6.54 Å². The van der Waals surface area contributed by atoms with E-state index in [2.05, 4.69) is 30.8 Å². The summed E-state index contributed by atoms with van der Waals surface area (Å²) in [6.45, 7) is 7.08. The summed E-state index contributed by atoms with van der Waals surface area (Å²) in [5.41, 5.74) is 0.0764. The van der Waals surface area contributed by atoms with Crippen molar-refractivity contribution in [1.29, 1.82) is 0 Å². The van der Waals surface area contributed by atoms with Gasteiger partial charge in [-0.2, -0.15) is 0 Å². The van der Waals surface area contributed by atoms with E-state index in [1.165, 1.54) is 7.11 Å². The summed E-state index contributed by atoms with van der Waals surface area (Å²) >= 11 is 0. The van der Waals surface area contributed by atoms with Crippen molar-refractivity contribution in [3.05, 3.63) is 23.7 Å². The van der Waals surface area contributed by atoms with Gasteiger partial charge in [0.2, 0.25) is 5.76 Å². The van der Waals surface area contributed by atoms with Gasteiger partial charge in [-0.15, -0.1) is 0 Å². The van der Waals surface area contributed by atoms with Crippen molar-refractivity contribution < 1.29 is 13.9 Å². The predicted octanol–water partition coefficient (Wildman–Crippen LogP) is 2.73. The molecule has 17 heavy (non-hydrogen) atoms. The molecule has 0 atom stereocenters. The second kappa shape index (κ2) is 5.87. The van der Waals surface area contributed by atoms with Gasteiger partial charge >= 0.3 is 5.97 Å². The van der Waals surface area contributed by atoms with Crippen LogP contribution in [0.2, 0.25) is 0 Å². The molecule has 0 aliphatic carbocycles. The minimum Gasteiger partial charge on any atom is -0.463 e. The van der Waals surface area contributed by atoms with E-state index in [-0.39, 0.29) is 11.3 Å². The number of ether oxygens (including phenoxy) is 1. The van der Waals surface area contributed by atoms with Crippen LogP contribution in [0.5, 0.6) is 0 Å². The van der Waals surface area contributed by atoms with Crippen molar-refractivity contribution >= 4 is 5.97 Å². The summed E-state index contributed by atoms with van der Waals surface area (Å²) in [4.78, 5) is 11.2. The molecule has 1 rings (SSSR count). The van der Waals surface area contributed by atoms with Crippen LogP contribution in [0.4, 0.5) is 0 Å². The zero-order valence-corrected chi connectivity index (χ0v) is 11.0. The minimum atomic E-state index is -0.441. The van der Waals surface area contributed by atoms with Gasteiger partial charge in [0.25, 0.3) is 0 Å². The van der Waals surface area contributed by atoms with Crippen LogP contribution in [0.3, 0.4) is 0 Å². The zero-order chi connectivity index (χ0) is 12.9. The highest BCUT2D eigenvalue weighted by Crippen LogP contribution is 2.14. The second-order valence-electron chi connectivity index (χ2n) is 4.74.